The maximum Gasteiger partial charge on any atom is 0.326 e. The number of nitrogens with zero attached hydrogens (tertiary/aromatic N) is 2. The van der Waals surface area contributed by atoms with E-state index in [2.05, 4.69) is 10.6 Å². The summed E-state index contributed by atoms with van der Waals surface area (Å²) in [7, 11) is 1.07. The van der Waals surface area contributed by atoms with Crippen molar-refractivity contribution >= 4 is 33.3 Å². The molecule has 1 aliphatic rings. The molecule has 0 unspecified atom stereocenters. The van der Waals surface area contributed by atoms with Crippen molar-refractivity contribution in [1.29, 1.82) is 0 Å². The Labute approximate surface area is 158 Å². The first-order chi connectivity index (χ1) is 12.8. The van der Waals surface area contributed by atoms with Crippen LogP contribution in [-0.2, 0) is 16.6 Å². The molecule has 0 bridgehead atoms. The van der Waals surface area contributed by atoms with Crippen molar-refractivity contribution in [3.8, 4) is 5.75 Å². The molecule has 2 aromatic carbocycles. The first-order valence-electron chi connectivity index (χ1n) is 8.37. The first-order valence-corrected chi connectivity index (χ1v) is 9.77. The van der Waals surface area contributed by atoms with Crippen molar-refractivity contribution in [3.63, 3.8) is 0 Å². The van der Waals surface area contributed by atoms with Gasteiger partial charge in [-0.1, -0.05) is 12.1 Å². The third-order valence-electron chi connectivity index (χ3n) is 4.46. The molecule has 0 saturated carbocycles. The summed E-state index contributed by atoms with van der Waals surface area (Å²) in [6, 6.07) is 12.3. The molecule has 2 N–H and O–H groups in total. The molecule has 1 heterocycles. The maximum atomic E-state index is 12.1. The zero-order chi connectivity index (χ0) is 19.6. The lowest BCUT2D eigenvalue weighted by Gasteiger charge is -2.13. The second-order valence-electron chi connectivity index (χ2n) is 6.13. The van der Waals surface area contributed by atoms with Gasteiger partial charge in [-0.3, -0.25) is 8.61 Å². The Bertz CT molecular complexity index is 944. The van der Waals surface area contributed by atoms with Gasteiger partial charge in [0.05, 0.1) is 18.5 Å². The lowest BCUT2D eigenvalue weighted by molar-refractivity contribution is 0.252. The van der Waals surface area contributed by atoms with Crippen molar-refractivity contribution in [3.05, 3.63) is 48.0 Å². The van der Waals surface area contributed by atoms with Crippen molar-refractivity contribution < 1.29 is 17.9 Å². The molecule has 144 valence electrons. The SMILES string of the molecule is COc1ccc(CCNC(=O)Nc2ccc3c(c2)N(C)S(=O)(=O)N3C)cc1. The van der Waals surface area contributed by atoms with Crippen molar-refractivity contribution in [1.82, 2.24) is 5.32 Å². The lowest BCUT2D eigenvalue weighted by Crippen LogP contribution is -2.32. The van der Waals surface area contributed by atoms with Gasteiger partial charge in [-0.15, -0.1) is 0 Å². The first kappa shape index (κ1) is 18.8. The molecule has 0 aliphatic carbocycles. The second-order valence-corrected chi connectivity index (χ2v) is 8.12. The molecule has 0 fully saturated rings. The maximum absolute atomic E-state index is 12.1. The molecule has 8 nitrogen and oxygen atoms in total. The highest BCUT2D eigenvalue weighted by atomic mass is 32.2. The number of methoxy groups -OCH3 is 1. The third kappa shape index (κ3) is 3.77. The van der Waals surface area contributed by atoms with Crippen LogP contribution in [0.3, 0.4) is 0 Å². The highest BCUT2D eigenvalue weighted by Gasteiger charge is 2.35. The molecular weight excluding hydrogens is 368 g/mol. The Morgan fingerprint density at radius 3 is 2.37 bits per heavy atom. The average Bonchev–Trinajstić information content (AvgIpc) is 2.83. The highest BCUT2D eigenvalue weighted by Crippen LogP contribution is 2.40. The fraction of sp³-hybridized carbons (Fsp3) is 0.278. The van der Waals surface area contributed by atoms with Gasteiger partial charge in [-0.05, 0) is 42.3 Å². The monoisotopic (exact) mass is 390 g/mol. The summed E-state index contributed by atoms with van der Waals surface area (Å²) in [6.07, 6.45) is 0.688. The molecule has 27 heavy (non-hydrogen) atoms. The number of amides is 2. The number of nitrogens with one attached hydrogen (secondary N) is 2. The summed E-state index contributed by atoms with van der Waals surface area (Å²) in [5.74, 6) is 0.790. The average molecular weight is 390 g/mol. The summed E-state index contributed by atoms with van der Waals surface area (Å²) < 4.78 is 31.8. The minimum Gasteiger partial charge on any atom is -0.497 e. The van der Waals surface area contributed by atoms with Crippen LogP contribution in [0.15, 0.2) is 42.5 Å². The fourth-order valence-corrected chi connectivity index (χ4v) is 4.01. The largest absolute Gasteiger partial charge is 0.497 e. The van der Waals surface area contributed by atoms with Crippen molar-refractivity contribution in [2.75, 3.05) is 41.7 Å². The number of carbonyl (C=O) groups is 1. The summed E-state index contributed by atoms with van der Waals surface area (Å²) in [5, 5.41) is 5.52. The zero-order valence-corrected chi connectivity index (χ0v) is 16.2. The predicted octanol–water partition coefficient (Wildman–Crippen LogP) is 2.19. The van der Waals surface area contributed by atoms with Crippen LogP contribution in [0.5, 0.6) is 5.75 Å². The number of hydrogen-bond donors (Lipinski definition) is 2. The van der Waals surface area contributed by atoms with Crippen LogP contribution < -0.4 is 24.0 Å². The lowest BCUT2D eigenvalue weighted by atomic mass is 10.1. The smallest absolute Gasteiger partial charge is 0.326 e. The molecule has 0 atom stereocenters. The minimum absolute atomic E-state index is 0.347. The van der Waals surface area contributed by atoms with Crippen molar-refractivity contribution in [2.24, 2.45) is 0 Å². The van der Waals surface area contributed by atoms with Crippen LogP contribution in [0.4, 0.5) is 21.9 Å². The van der Waals surface area contributed by atoms with Gasteiger partial charge in [0.1, 0.15) is 5.75 Å². The summed E-state index contributed by atoms with van der Waals surface area (Å²) >= 11 is 0. The zero-order valence-electron chi connectivity index (χ0n) is 15.4. The molecule has 1 aliphatic heterocycles. The number of ether oxygens (including phenoxy) is 1. The highest BCUT2D eigenvalue weighted by molar-refractivity contribution is 7.94. The number of benzene rings is 2. The van der Waals surface area contributed by atoms with Crippen molar-refractivity contribution in [2.45, 2.75) is 6.42 Å². The van der Waals surface area contributed by atoms with E-state index in [-0.39, 0.29) is 6.03 Å². The topological polar surface area (TPSA) is 91.0 Å². The van der Waals surface area contributed by atoms with E-state index in [0.717, 1.165) is 11.3 Å². The van der Waals surface area contributed by atoms with Gasteiger partial charge in [0.15, 0.2) is 0 Å². The molecule has 0 aromatic heterocycles. The van der Waals surface area contributed by atoms with E-state index in [4.69, 9.17) is 4.74 Å². The summed E-state index contributed by atoms with van der Waals surface area (Å²) in [6.45, 7) is 0.472. The number of hydrogen-bond acceptors (Lipinski definition) is 4. The molecule has 3 rings (SSSR count). The number of carbonyl (C=O) groups excluding carboxylic acids is 1. The fourth-order valence-electron chi connectivity index (χ4n) is 2.84. The summed E-state index contributed by atoms with van der Waals surface area (Å²) in [5.41, 5.74) is 2.70. The van der Waals surface area contributed by atoms with Gasteiger partial charge in [-0.2, -0.15) is 8.42 Å². The van der Waals surface area contributed by atoms with E-state index in [1.165, 1.54) is 22.7 Å². The molecule has 2 amide bonds. The standard InChI is InChI=1S/C18H22N4O4S/c1-21-16-9-6-14(12-17(16)22(2)27(21,24)25)20-18(23)19-11-10-13-4-7-15(26-3)8-5-13/h4-9,12H,10-11H2,1-3H3,(H2,19,20,23). The van der Waals surface area contributed by atoms with E-state index in [0.29, 0.717) is 30.0 Å². The number of urea groups is 1. The number of fused-ring (bicyclic) bond motifs is 1. The molecule has 2 aromatic rings. The Morgan fingerprint density at radius 1 is 1.04 bits per heavy atom. The van der Waals surface area contributed by atoms with Gasteiger partial charge in [-0.25, -0.2) is 4.79 Å². The Hall–Kier alpha value is -2.94. The van der Waals surface area contributed by atoms with Gasteiger partial charge in [0, 0.05) is 26.3 Å². The van der Waals surface area contributed by atoms with Gasteiger partial charge < -0.3 is 15.4 Å². The van der Waals surface area contributed by atoms with E-state index >= 15 is 0 Å². The molecule has 9 heteroatoms. The van der Waals surface area contributed by atoms with Crippen LogP contribution in [0.2, 0.25) is 0 Å². The molecule has 0 radical (unpaired) electrons. The van der Waals surface area contributed by atoms with Gasteiger partial charge in [0.25, 0.3) is 0 Å². The quantitative estimate of drug-likeness (QED) is 0.819. The van der Waals surface area contributed by atoms with Crippen LogP contribution >= 0.6 is 0 Å². The van der Waals surface area contributed by atoms with Crippen LogP contribution in [0.25, 0.3) is 0 Å². The molecule has 0 spiro atoms. The second kappa shape index (κ2) is 7.36. The van der Waals surface area contributed by atoms with E-state index in [1.54, 1.807) is 25.3 Å². The Kier molecular flexibility index (Phi) is 5.13. The normalized spacial score (nSPS) is 14.6. The van der Waals surface area contributed by atoms with Gasteiger partial charge in [0.2, 0.25) is 0 Å². The number of anilines is 3. The Morgan fingerprint density at radius 2 is 1.70 bits per heavy atom. The molecule has 0 saturated heterocycles. The third-order valence-corrected chi connectivity index (χ3v) is 6.24. The van der Waals surface area contributed by atoms with Crippen LogP contribution in [-0.4, -0.2) is 42.2 Å². The van der Waals surface area contributed by atoms with E-state index in [9.17, 15) is 13.2 Å². The Balaban J connectivity index is 1.56. The predicted molar refractivity (Wildman–Crippen MR) is 106 cm³/mol. The summed E-state index contributed by atoms with van der Waals surface area (Å²) in [4.78, 5) is 12.1. The van der Waals surface area contributed by atoms with E-state index in [1.807, 2.05) is 24.3 Å². The van der Waals surface area contributed by atoms with Gasteiger partial charge >= 0.3 is 16.2 Å². The number of rotatable bonds is 5. The van der Waals surface area contributed by atoms with E-state index < -0.39 is 10.2 Å². The van der Waals surface area contributed by atoms with Crippen LogP contribution in [0, 0.1) is 0 Å². The minimum atomic E-state index is -3.53. The van der Waals surface area contributed by atoms with Crippen LogP contribution in [0.1, 0.15) is 5.56 Å². The molecular formula is C18H22N4O4S.